The molecular weight excluding hydrogens is 460 g/mol. The summed E-state index contributed by atoms with van der Waals surface area (Å²) in [4.78, 5) is 29.3. The number of anilines is 2. The van der Waals surface area contributed by atoms with Gasteiger partial charge in [-0.15, -0.1) is 0 Å². The molecular formula is C25H21ClN2O4S. The second kappa shape index (κ2) is 9.60. The van der Waals surface area contributed by atoms with Crippen LogP contribution in [0.5, 0.6) is 11.5 Å². The Morgan fingerprint density at radius 1 is 0.909 bits per heavy atom. The molecule has 1 aliphatic heterocycles. The van der Waals surface area contributed by atoms with E-state index in [0.29, 0.717) is 22.2 Å². The first-order valence-corrected chi connectivity index (χ1v) is 11.2. The summed E-state index contributed by atoms with van der Waals surface area (Å²) >= 11 is 7.40. The van der Waals surface area contributed by atoms with Gasteiger partial charge in [0.25, 0.3) is 11.8 Å². The van der Waals surface area contributed by atoms with Gasteiger partial charge in [-0.2, -0.15) is 0 Å². The third kappa shape index (κ3) is 4.69. The van der Waals surface area contributed by atoms with Gasteiger partial charge in [-0.25, -0.2) is 4.90 Å². The number of nitrogens with zero attached hydrogens (tertiary/aromatic N) is 1. The number of amides is 2. The molecule has 1 heterocycles. The summed E-state index contributed by atoms with van der Waals surface area (Å²) in [6, 6.07) is 19.7. The monoisotopic (exact) mass is 480 g/mol. The van der Waals surface area contributed by atoms with Crippen molar-refractivity contribution in [2.45, 2.75) is 11.8 Å². The van der Waals surface area contributed by atoms with E-state index in [9.17, 15) is 9.59 Å². The lowest BCUT2D eigenvalue weighted by Gasteiger charge is -2.18. The highest BCUT2D eigenvalue weighted by Gasteiger charge is 2.41. The van der Waals surface area contributed by atoms with Gasteiger partial charge in [0.05, 0.1) is 19.9 Å². The summed E-state index contributed by atoms with van der Waals surface area (Å²) in [5.41, 5.74) is 2.17. The molecule has 0 radical (unpaired) electrons. The molecule has 33 heavy (non-hydrogen) atoms. The highest BCUT2D eigenvalue weighted by Crippen LogP contribution is 2.41. The molecule has 1 aliphatic rings. The summed E-state index contributed by atoms with van der Waals surface area (Å²) in [5, 5.41) is 3.50. The van der Waals surface area contributed by atoms with E-state index in [1.807, 2.05) is 31.2 Å². The summed E-state index contributed by atoms with van der Waals surface area (Å²) in [6.45, 7) is 1.99. The lowest BCUT2D eigenvalue weighted by atomic mass is 10.2. The molecule has 8 heteroatoms. The van der Waals surface area contributed by atoms with Gasteiger partial charge in [-0.05, 0) is 49.4 Å². The minimum atomic E-state index is -0.502. The van der Waals surface area contributed by atoms with E-state index < -0.39 is 11.8 Å². The molecule has 168 valence electrons. The molecule has 0 spiro atoms. The van der Waals surface area contributed by atoms with E-state index in [0.717, 1.165) is 15.4 Å². The van der Waals surface area contributed by atoms with Crippen LogP contribution >= 0.6 is 23.4 Å². The van der Waals surface area contributed by atoms with E-state index in [-0.39, 0.29) is 16.3 Å². The fourth-order valence-corrected chi connectivity index (χ4v) is 4.43. The fourth-order valence-electron chi connectivity index (χ4n) is 3.34. The molecule has 6 nitrogen and oxygen atoms in total. The van der Waals surface area contributed by atoms with Crippen molar-refractivity contribution in [2.24, 2.45) is 0 Å². The van der Waals surface area contributed by atoms with Crippen LogP contribution in [0, 0.1) is 6.92 Å². The minimum Gasteiger partial charge on any atom is -0.497 e. The van der Waals surface area contributed by atoms with E-state index in [1.54, 1.807) is 49.6 Å². The molecule has 1 N–H and O–H groups in total. The summed E-state index contributed by atoms with van der Waals surface area (Å²) in [6.07, 6.45) is 0. The van der Waals surface area contributed by atoms with E-state index in [4.69, 9.17) is 21.1 Å². The molecule has 0 saturated heterocycles. The van der Waals surface area contributed by atoms with Crippen LogP contribution in [0.15, 0.2) is 82.2 Å². The maximum Gasteiger partial charge on any atom is 0.283 e. The average molecular weight is 481 g/mol. The highest BCUT2D eigenvalue weighted by atomic mass is 35.5. The Morgan fingerprint density at radius 2 is 1.67 bits per heavy atom. The quantitative estimate of drug-likeness (QED) is 0.440. The van der Waals surface area contributed by atoms with Gasteiger partial charge in [-0.3, -0.25) is 9.59 Å². The van der Waals surface area contributed by atoms with Crippen LogP contribution in [0.2, 0.25) is 5.02 Å². The maximum absolute atomic E-state index is 13.6. The van der Waals surface area contributed by atoms with Crippen molar-refractivity contribution < 1.29 is 19.1 Å². The molecule has 0 unspecified atom stereocenters. The third-order valence-corrected chi connectivity index (χ3v) is 6.33. The number of halogens is 1. The van der Waals surface area contributed by atoms with Gasteiger partial charge < -0.3 is 14.8 Å². The number of hydrogen-bond donors (Lipinski definition) is 1. The zero-order valence-corrected chi connectivity index (χ0v) is 19.8. The van der Waals surface area contributed by atoms with Crippen molar-refractivity contribution in [3.05, 3.63) is 87.9 Å². The number of carbonyl (C=O) groups is 2. The molecule has 0 atom stereocenters. The van der Waals surface area contributed by atoms with Crippen LogP contribution in [-0.4, -0.2) is 26.0 Å². The van der Waals surface area contributed by atoms with Crippen molar-refractivity contribution in [1.82, 2.24) is 0 Å². The second-order valence-corrected chi connectivity index (χ2v) is 8.76. The van der Waals surface area contributed by atoms with Gasteiger partial charge in [0.15, 0.2) is 0 Å². The molecule has 0 aliphatic carbocycles. The number of methoxy groups -OCH3 is 2. The van der Waals surface area contributed by atoms with Crippen LogP contribution in [0.25, 0.3) is 0 Å². The van der Waals surface area contributed by atoms with E-state index in [1.165, 1.54) is 18.9 Å². The zero-order valence-electron chi connectivity index (χ0n) is 18.2. The van der Waals surface area contributed by atoms with Crippen LogP contribution in [-0.2, 0) is 9.59 Å². The SMILES string of the molecule is COc1cccc(NC2=C(Sc3ccc(C)cc3)C(=O)N(c3cc(Cl)ccc3OC)C2=O)c1. The van der Waals surface area contributed by atoms with Crippen LogP contribution in [0.3, 0.4) is 0 Å². The van der Waals surface area contributed by atoms with Crippen molar-refractivity contribution in [3.8, 4) is 11.5 Å². The smallest absolute Gasteiger partial charge is 0.283 e. The van der Waals surface area contributed by atoms with E-state index in [2.05, 4.69) is 5.32 Å². The minimum absolute atomic E-state index is 0.167. The van der Waals surface area contributed by atoms with Gasteiger partial charge in [-0.1, -0.05) is 47.1 Å². The molecule has 4 rings (SSSR count). The van der Waals surface area contributed by atoms with Crippen LogP contribution in [0.1, 0.15) is 5.56 Å². The first kappa shape index (κ1) is 22.8. The molecule has 0 fully saturated rings. The fraction of sp³-hybridized carbons (Fsp3) is 0.120. The van der Waals surface area contributed by atoms with Crippen molar-refractivity contribution >= 4 is 46.6 Å². The zero-order chi connectivity index (χ0) is 23.5. The van der Waals surface area contributed by atoms with Crippen LogP contribution in [0.4, 0.5) is 11.4 Å². The number of aryl methyl sites for hydroxylation is 1. The Morgan fingerprint density at radius 3 is 2.36 bits per heavy atom. The number of nitrogens with one attached hydrogen (secondary N) is 1. The topological polar surface area (TPSA) is 67.9 Å². The predicted molar refractivity (Wildman–Crippen MR) is 131 cm³/mol. The summed E-state index contributed by atoms with van der Waals surface area (Å²) in [5.74, 6) is 0.0245. The standard InChI is InChI=1S/C25H21ClN2O4S/c1-15-7-10-19(11-8-15)33-23-22(27-17-5-4-6-18(14-17)31-2)24(29)28(25(23)30)20-13-16(26)9-12-21(20)32-3/h4-14,27H,1-3H3. The number of thioether (sulfide) groups is 1. The first-order valence-electron chi connectivity index (χ1n) is 10.0. The maximum atomic E-state index is 13.6. The molecule has 3 aromatic carbocycles. The van der Waals surface area contributed by atoms with E-state index >= 15 is 0 Å². The van der Waals surface area contributed by atoms with Crippen LogP contribution < -0.4 is 19.7 Å². The number of carbonyl (C=O) groups excluding carboxylic acids is 2. The number of imide groups is 1. The molecule has 0 bridgehead atoms. The number of benzene rings is 3. The Labute approximate surface area is 201 Å². The Bertz CT molecular complexity index is 1260. The Balaban J connectivity index is 1.78. The Hall–Kier alpha value is -3.42. The number of rotatable bonds is 7. The second-order valence-electron chi connectivity index (χ2n) is 7.24. The number of hydrogen-bond acceptors (Lipinski definition) is 6. The molecule has 2 amide bonds. The first-order chi connectivity index (χ1) is 15.9. The van der Waals surface area contributed by atoms with Crippen molar-refractivity contribution in [3.63, 3.8) is 0 Å². The van der Waals surface area contributed by atoms with Gasteiger partial charge in [0.2, 0.25) is 0 Å². The molecule has 0 aromatic heterocycles. The largest absolute Gasteiger partial charge is 0.497 e. The lowest BCUT2D eigenvalue weighted by molar-refractivity contribution is -0.120. The number of ether oxygens (including phenoxy) is 2. The highest BCUT2D eigenvalue weighted by molar-refractivity contribution is 8.04. The molecule has 0 saturated carbocycles. The average Bonchev–Trinajstić information content (AvgIpc) is 3.04. The lowest BCUT2D eigenvalue weighted by Crippen LogP contribution is -2.32. The predicted octanol–water partition coefficient (Wildman–Crippen LogP) is 5.65. The van der Waals surface area contributed by atoms with Gasteiger partial charge >= 0.3 is 0 Å². The summed E-state index contributed by atoms with van der Waals surface area (Å²) in [7, 11) is 3.04. The normalized spacial score (nSPS) is 13.5. The van der Waals surface area contributed by atoms with Crippen molar-refractivity contribution in [2.75, 3.05) is 24.4 Å². The van der Waals surface area contributed by atoms with Crippen molar-refractivity contribution in [1.29, 1.82) is 0 Å². The molecule has 3 aromatic rings. The van der Waals surface area contributed by atoms with Gasteiger partial charge in [0, 0.05) is 21.7 Å². The Kier molecular flexibility index (Phi) is 6.62. The van der Waals surface area contributed by atoms with Gasteiger partial charge in [0.1, 0.15) is 22.1 Å². The summed E-state index contributed by atoms with van der Waals surface area (Å²) < 4.78 is 10.7. The third-order valence-electron chi connectivity index (χ3n) is 5.00.